The molecule has 202 valence electrons. The molecule has 0 radical (unpaired) electrons. The molecule has 3 aliphatic rings. The van der Waals surface area contributed by atoms with Gasteiger partial charge in [0.2, 0.25) is 5.91 Å². The number of hydrogen-bond acceptors (Lipinski definition) is 4. The van der Waals surface area contributed by atoms with Gasteiger partial charge < -0.3 is 15.1 Å². The third-order valence-electron chi connectivity index (χ3n) is 9.08. The van der Waals surface area contributed by atoms with E-state index >= 15 is 0 Å². The van der Waals surface area contributed by atoms with E-state index in [-0.39, 0.29) is 17.9 Å². The van der Waals surface area contributed by atoms with Gasteiger partial charge in [-0.2, -0.15) is 0 Å². The van der Waals surface area contributed by atoms with Gasteiger partial charge in [0.1, 0.15) is 0 Å². The molecule has 1 aliphatic carbocycles. The summed E-state index contributed by atoms with van der Waals surface area (Å²) in [5.74, 6) is 0.0423. The van der Waals surface area contributed by atoms with Crippen LogP contribution in [0.25, 0.3) is 0 Å². The molecule has 3 heterocycles. The first-order chi connectivity index (χ1) is 19.0. The molecular formula is C32H35ClN4O2. The number of likely N-dealkylation sites (tertiary alicyclic amines) is 1. The summed E-state index contributed by atoms with van der Waals surface area (Å²) in [6.45, 7) is 3.80. The molecule has 7 heteroatoms. The molecule has 6 rings (SSSR count). The number of aryl methyl sites for hydroxylation is 1. The molecule has 2 saturated heterocycles. The lowest BCUT2D eigenvalue weighted by Gasteiger charge is -2.47. The molecule has 2 aromatic carbocycles. The number of halogens is 1. The van der Waals surface area contributed by atoms with Gasteiger partial charge in [0.15, 0.2) is 0 Å². The molecule has 2 fully saturated rings. The Balaban J connectivity index is 1.04. The number of carbonyl (C=O) groups is 2. The highest BCUT2D eigenvalue weighted by Gasteiger charge is 2.38. The van der Waals surface area contributed by atoms with Crippen LogP contribution in [0.1, 0.15) is 65.2 Å². The summed E-state index contributed by atoms with van der Waals surface area (Å²) in [5, 5.41) is 3.61. The van der Waals surface area contributed by atoms with Crippen LogP contribution in [-0.2, 0) is 17.6 Å². The first-order valence-corrected chi connectivity index (χ1v) is 14.5. The summed E-state index contributed by atoms with van der Waals surface area (Å²) in [7, 11) is 0. The van der Waals surface area contributed by atoms with Crippen LogP contribution in [0.2, 0.25) is 5.02 Å². The Kier molecular flexibility index (Phi) is 7.30. The molecule has 1 unspecified atom stereocenters. The van der Waals surface area contributed by atoms with E-state index in [0.717, 1.165) is 63.0 Å². The first-order valence-electron chi connectivity index (χ1n) is 14.1. The highest BCUT2D eigenvalue weighted by Crippen LogP contribution is 2.42. The number of fused-ring (bicyclic) bond motifs is 1. The van der Waals surface area contributed by atoms with Crippen molar-refractivity contribution in [2.45, 2.75) is 51.0 Å². The summed E-state index contributed by atoms with van der Waals surface area (Å²) >= 11 is 6.23. The lowest BCUT2D eigenvalue weighted by atomic mass is 9.71. The molecule has 6 nitrogen and oxygen atoms in total. The molecule has 1 N–H and O–H groups in total. The average Bonchev–Trinajstić information content (AvgIpc) is 3.36. The van der Waals surface area contributed by atoms with Gasteiger partial charge in [-0.05, 0) is 84.9 Å². The SMILES string of the molecule is O=C(NC1CCc2ccc(CC(=O)N3CCC4(CC3)CCN(c3cccnc3)CC4)cc21)c1ccccc1Cl. The number of nitrogens with one attached hydrogen (secondary N) is 1. The van der Waals surface area contributed by atoms with Crippen LogP contribution in [0.15, 0.2) is 67.0 Å². The van der Waals surface area contributed by atoms with Gasteiger partial charge >= 0.3 is 0 Å². The Hall–Kier alpha value is -3.38. The minimum Gasteiger partial charge on any atom is -0.370 e. The minimum absolute atomic E-state index is 0.0637. The molecule has 2 aliphatic heterocycles. The maximum atomic E-state index is 13.3. The van der Waals surface area contributed by atoms with Crippen LogP contribution >= 0.6 is 11.6 Å². The molecule has 1 aromatic heterocycles. The number of benzene rings is 2. The van der Waals surface area contributed by atoms with Crippen molar-refractivity contribution in [2.24, 2.45) is 5.41 Å². The van der Waals surface area contributed by atoms with Gasteiger partial charge in [-0.15, -0.1) is 0 Å². The Labute approximate surface area is 235 Å². The van der Waals surface area contributed by atoms with E-state index in [1.165, 1.54) is 24.1 Å². The van der Waals surface area contributed by atoms with Gasteiger partial charge in [-0.25, -0.2) is 0 Å². The van der Waals surface area contributed by atoms with Gasteiger partial charge in [-0.3, -0.25) is 14.6 Å². The zero-order chi connectivity index (χ0) is 26.8. The van der Waals surface area contributed by atoms with Gasteiger partial charge in [0.25, 0.3) is 5.91 Å². The van der Waals surface area contributed by atoms with Crippen molar-refractivity contribution < 1.29 is 9.59 Å². The summed E-state index contributed by atoms with van der Waals surface area (Å²) in [6.07, 6.45) is 10.5. The number of rotatable bonds is 5. The van der Waals surface area contributed by atoms with Gasteiger partial charge in [-0.1, -0.05) is 41.9 Å². The first kappa shape index (κ1) is 25.9. The van der Waals surface area contributed by atoms with Crippen molar-refractivity contribution in [3.05, 3.63) is 94.3 Å². The summed E-state index contributed by atoms with van der Waals surface area (Å²) in [6, 6.07) is 17.5. The fourth-order valence-electron chi connectivity index (χ4n) is 6.59. The third-order valence-corrected chi connectivity index (χ3v) is 9.41. The number of carbonyl (C=O) groups excluding carboxylic acids is 2. The fourth-order valence-corrected chi connectivity index (χ4v) is 6.81. The maximum Gasteiger partial charge on any atom is 0.253 e. The predicted octanol–water partition coefficient (Wildman–Crippen LogP) is 5.60. The van der Waals surface area contributed by atoms with Crippen LogP contribution in [-0.4, -0.2) is 47.9 Å². The fraction of sp³-hybridized carbons (Fsp3) is 0.406. The minimum atomic E-state index is -0.159. The summed E-state index contributed by atoms with van der Waals surface area (Å²) in [4.78, 5) is 34.9. The Morgan fingerprint density at radius 2 is 1.74 bits per heavy atom. The van der Waals surface area contributed by atoms with E-state index in [1.54, 1.807) is 12.1 Å². The van der Waals surface area contributed by atoms with Crippen molar-refractivity contribution >= 4 is 29.1 Å². The van der Waals surface area contributed by atoms with Crippen molar-refractivity contribution in [3.63, 3.8) is 0 Å². The van der Waals surface area contributed by atoms with Gasteiger partial charge in [0, 0.05) is 32.4 Å². The topological polar surface area (TPSA) is 65.5 Å². The molecule has 3 aromatic rings. The lowest BCUT2D eigenvalue weighted by molar-refractivity contribution is -0.133. The van der Waals surface area contributed by atoms with Gasteiger partial charge in [0.05, 0.1) is 34.9 Å². The Bertz CT molecular complexity index is 1340. The van der Waals surface area contributed by atoms with Crippen LogP contribution < -0.4 is 10.2 Å². The van der Waals surface area contributed by atoms with Crippen LogP contribution in [0, 0.1) is 5.41 Å². The van der Waals surface area contributed by atoms with Crippen molar-refractivity contribution in [1.82, 2.24) is 15.2 Å². The monoisotopic (exact) mass is 542 g/mol. The van der Waals surface area contributed by atoms with E-state index in [4.69, 9.17) is 11.6 Å². The van der Waals surface area contributed by atoms with Crippen molar-refractivity contribution in [1.29, 1.82) is 0 Å². The molecule has 1 atom stereocenters. The van der Waals surface area contributed by atoms with E-state index in [0.29, 0.717) is 22.4 Å². The number of amides is 2. The Morgan fingerprint density at radius 1 is 0.974 bits per heavy atom. The normalized spacial score (nSPS) is 20.1. The molecule has 2 amide bonds. The Morgan fingerprint density at radius 3 is 2.49 bits per heavy atom. The van der Waals surface area contributed by atoms with Crippen LogP contribution in [0.4, 0.5) is 5.69 Å². The molecule has 0 saturated carbocycles. The summed E-state index contributed by atoms with van der Waals surface area (Å²) in [5.41, 5.74) is 5.44. The van der Waals surface area contributed by atoms with E-state index < -0.39 is 0 Å². The van der Waals surface area contributed by atoms with E-state index in [9.17, 15) is 9.59 Å². The third kappa shape index (κ3) is 5.53. The number of anilines is 1. The quantitative estimate of drug-likeness (QED) is 0.455. The highest BCUT2D eigenvalue weighted by molar-refractivity contribution is 6.33. The maximum absolute atomic E-state index is 13.3. The number of hydrogen-bond donors (Lipinski definition) is 1. The number of piperidine rings is 2. The van der Waals surface area contributed by atoms with E-state index in [1.807, 2.05) is 30.6 Å². The molecule has 39 heavy (non-hydrogen) atoms. The zero-order valence-electron chi connectivity index (χ0n) is 22.2. The number of nitrogens with zero attached hydrogens (tertiary/aromatic N) is 3. The van der Waals surface area contributed by atoms with Crippen molar-refractivity contribution in [2.75, 3.05) is 31.1 Å². The second-order valence-corrected chi connectivity index (χ2v) is 11.7. The second kappa shape index (κ2) is 11.0. The van der Waals surface area contributed by atoms with Crippen LogP contribution in [0.3, 0.4) is 0 Å². The second-order valence-electron chi connectivity index (χ2n) is 11.3. The predicted molar refractivity (Wildman–Crippen MR) is 154 cm³/mol. The molecule has 0 bridgehead atoms. The smallest absolute Gasteiger partial charge is 0.253 e. The van der Waals surface area contributed by atoms with E-state index in [2.05, 4.69) is 44.4 Å². The zero-order valence-corrected chi connectivity index (χ0v) is 23.0. The van der Waals surface area contributed by atoms with Crippen molar-refractivity contribution in [3.8, 4) is 0 Å². The lowest BCUT2D eigenvalue weighted by Crippen LogP contribution is -2.48. The average molecular weight is 543 g/mol. The largest absolute Gasteiger partial charge is 0.370 e. The standard InChI is InChI=1S/C32H35ClN4O2/c33-28-6-2-1-5-26(28)31(39)35-29-10-9-24-8-7-23(20-27(24)29)21-30(38)37-18-13-32(14-19-37)11-16-36(17-12-32)25-4-3-15-34-22-25/h1-8,15,20,22,29H,9-14,16-19,21H2,(H,35,39). The van der Waals surface area contributed by atoms with Crippen LogP contribution in [0.5, 0.6) is 0 Å². The summed E-state index contributed by atoms with van der Waals surface area (Å²) < 4.78 is 0. The number of pyridine rings is 1. The molecular weight excluding hydrogens is 508 g/mol. The highest BCUT2D eigenvalue weighted by atomic mass is 35.5. The molecule has 1 spiro atoms. The number of aromatic nitrogens is 1.